The van der Waals surface area contributed by atoms with Gasteiger partial charge in [-0.25, -0.2) is 0 Å². The van der Waals surface area contributed by atoms with Gasteiger partial charge in [0.1, 0.15) is 11.1 Å². The van der Waals surface area contributed by atoms with Crippen molar-refractivity contribution in [3.05, 3.63) is 69.6 Å². The Morgan fingerprint density at radius 1 is 0.964 bits per heavy atom. The molecule has 6 nitrogen and oxygen atoms in total. The minimum Gasteiger partial charge on any atom is -0.352 e. The number of hydrogen-bond acceptors (Lipinski definition) is 3. The molecular formula is C22H29N3O3. The lowest BCUT2D eigenvalue weighted by Gasteiger charge is -2.15. The van der Waals surface area contributed by atoms with Gasteiger partial charge >= 0.3 is 0 Å². The van der Waals surface area contributed by atoms with E-state index in [4.69, 9.17) is 0 Å². The van der Waals surface area contributed by atoms with Crippen molar-refractivity contribution >= 4 is 11.8 Å². The summed E-state index contributed by atoms with van der Waals surface area (Å²) in [7, 11) is 0. The van der Waals surface area contributed by atoms with Gasteiger partial charge in [-0.2, -0.15) is 0 Å². The van der Waals surface area contributed by atoms with Crippen LogP contribution in [0.3, 0.4) is 0 Å². The molecule has 1 unspecified atom stereocenters. The quantitative estimate of drug-likeness (QED) is 0.736. The summed E-state index contributed by atoms with van der Waals surface area (Å²) in [4.78, 5) is 37.7. The standard InChI is InChI=1S/C22H29N3O3/c1-5-23-21(27)18-13-25(12-15(2)3)14-19(20(18)26)22(28)24-11-16(4)17-9-7-6-8-10-17/h6-10,13-16H,5,11-12H2,1-4H3,(H,23,27)(H,24,28). The summed E-state index contributed by atoms with van der Waals surface area (Å²) in [5.41, 5.74) is 0.544. The second kappa shape index (κ2) is 9.88. The van der Waals surface area contributed by atoms with Crippen LogP contribution in [0.4, 0.5) is 0 Å². The van der Waals surface area contributed by atoms with Gasteiger partial charge in [-0.05, 0) is 24.3 Å². The average Bonchev–Trinajstić information content (AvgIpc) is 2.67. The van der Waals surface area contributed by atoms with Crippen molar-refractivity contribution in [1.82, 2.24) is 15.2 Å². The molecule has 28 heavy (non-hydrogen) atoms. The van der Waals surface area contributed by atoms with Crippen molar-refractivity contribution in [2.45, 2.75) is 40.2 Å². The van der Waals surface area contributed by atoms with Crippen molar-refractivity contribution in [2.24, 2.45) is 5.92 Å². The molecule has 0 spiro atoms. The van der Waals surface area contributed by atoms with Crippen LogP contribution >= 0.6 is 0 Å². The fourth-order valence-corrected chi connectivity index (χ4v) is 2.98. The average molecular weight is 383 g/mol. The van der Waals surface area contributed by atoms with Gasteiger partial charge in [-0.15, -0.1) is 0 Å². The smallest absolute Gasteiger partial charge is 0.256 e. The first-order chi connectivity index (χ1) is 13.3. The van der Waals surface area contributed by atoms with E-state index in [0.717, 1.165) is 5.56 Å². The van der Waals surface area contributed by atoms with Gasteiger partial charge in [-0.3, -0.25) is 14.4 Å². The summed E-state index contributed by atoms with van der Waals surface area (Å²) < 4.78 is 1.74. The minimum absolute atomic E-state index is 0.00809. The minimum atomic E-state index is -0.546. The molecule has 2 rings (SSSR count). The maximum absolute atomic E-state index is 12.7. The fraction of sp³-hybridized carbons (Fsp3) is 0.409. The number of pyridine rings is 1. The summed E-state index contributed by atoms with van der Waals surface area (Å²) in [5, 5.41) is 5.47. The summed E-state index contributed by atoms with van der Waals surface area (Å²) in [6, 6.07) is 9.85. The molecule has 2 aromatic rings. The van der Waals surface area contributed by atoms with E-state index >= 15 is 0 Å². The van der Waals surface area contributed by atoms with Gasteiger partial charge in [0.25, 0.3) is 11.8 Å². The Labute approximate surface area is 166 Å². The first kappa shape index (κ1) is 21.4. The lowest BCUT2D eigenvalue weighted by atomic mass is 10.0. The number of hydrogen-bond donors (Lipinski definition) is 2. The van der Waals surface area contributed by atoms with Crippen LogP contribution in [0.15, 0.2) is 47.5 Å². The molecule has 0 saturated heterocycles. The molecule has 0 saturated carbocycles. The molecule has 1 atom stereocenters. The highest BCUT2D eigenvalue weighted by Gasteiger charge is 2.19. The van der Waals surface area contributed by atoms with E-state index in [2.05, 4.69) is 10.6 Å². The molecule has 1 aromatic carbocycles. The van der Waals surface area contributed by atoms with Crippen LogP contribution < -0.4 is 16.1 Å². The number of rotatable bonds is 8. The molecule has 0 aliphatic heterocycles. The molecule has 0 radical (unpaired) electrons. The number of nitrogens with zero attached hydrogens (tertiary/aromatic N) is 1. The topological polar surface area (TPSA) is 80.2 Å². The molecule has 2 amide bonds. The zero-order valence-corrected chi connectivity index (χ0v) is 17.0. The number of carbonyl (C=O) groups is 2. The van der Waals surface area contributed by atoms with Gasteiger partial charge in [0.05, 0.1) is 0 Å². The molecule has 6 heteroatoms. The van der Waals surface area contributed by atoms with Crippen molar-refractivity contribution < 1.29 is 9.59 Å². The maximum Gasteiger partial charge on any atom is 0.256 e. The zero-order valence-electron chi connectivity index (χ0n) is 17.0. The number of amides is 2. The van der Waals surface area contributed by atoms with Crippen LogP contribution in [0.1, 0.15) is 59.9 Å². The van der Waals surface area contributed by atoms with Crippen molar-refractivity contribution in [3.8, 4) is 0 Å². The predicted molar refractivity (Wildman–Crippen MR) is 111 cm³/mol. The van der Waals surface area contributed by atoms with Crippen LogP contribution in [-0.2, 0) is 6.54 Å². The van der Waals surface area contributed by atoms with Crippen LogP contribution in [-0.4, -0.2) is 29.5 Å². The number of carbonyl (C=O) groups excluding carboxylic acids is 2. The third kappa shape index (κ3) is 5.55. The van der Waals surface area contributed by atoms with Crippen LogP contribution in [0.2, 0.25) is 0 Å². The Kier molecular flexibility index (Phi) is 7.55. The first-order valence-corrected chi connectivity index (χ1v) is 9.68. The number of nitrogens with one attached hydrogen (secondary N) is 2. The fourth-order valence-electron chi connectivity index (χ4n) is 2.98. The Hall–Kier alpha value is -2.89. The van der Waals surface area contributed by atoms with Crippen LogP contribution in [0.25, 0.3) is 0 Å². The molecular weight excluding hydrogens is 354 g/mol. The summed E-state index contributed by atoms with van der Waals surface area (Å²) in [6.45, 7) is 9.28. The van der Waals surface area contributed by atoms with E-state index in [1.54, 1.807) is 11.5 Å². The molecule has 150 valence electrons. The Morgan fingerprint density at radius 3 is 2.07 bits per heavy atom. The van der Waals surface area contributed by atoms with Crippen molar-refractivity contribution in [2.75, 3.05) is 13.1 Å². The van der Waals surface area contributed by atoms with E-state index in [9.17, 15) is 14.4 Å². The number of aromatic nitrogens is 1. The highest BCUT2D eigenvalue weighted by Crippen LogP contribution is 2.13. The van der Waals surface area contributed by atoms with Crippen molar-refractivity contribution in [3.63, 3.8) is 0 Å². The highest BCUT2D eigenvalue weighted by molar-refractivity contribution is 5.99. The van der Waals surface area contributed by atoms with E-state index in [-0.39, 0.29) is 17.0 Å². The third-order valence-corrected chi connectivity index (χ3v) is 4.42. The first-order valence-electron chi connectivity index (χ1n) is 9.68. The lowest BCUT2D eigenvalue weighted by Crippen LogP contribution is -2.36. The van der Waals surface area contributed by atoms with Gasteiger partial charge in [0, 0.05) is 32.0 Å². The Morgan fingerprint density at radius 2 is 1.54 bits per heavy atom. The van der Waals surface area contributed by atoms with E-state index in [1.807, 2.05) is 51.1 Å². The van der Waals surface area contributed by atoms with Gasteiger partial charge in [0.15, 0.2) is 0 Å². The van der Waals surface area contributed by atoms with Crippen LogP contribution in [0, 0.1) is 5.92 Å². The van der Waals surface area contributed by atoms with E-state index in [1.165, 1.54) is 12.4 Å². The summed E-state index contributed by atoms with van der Waals surface area (Å²) in [6.07, 6.45) is 3.06. The second-order valence-corrected chi connectivity index (χ2v) is 7.39. The van der Waals surface area contributed by atoms with Gasteiger partial charge in [-0.1, -0.05) is 51.1 Å². The molecule has 1 aromatic heterocycles. The lowest BCUT2D eigenvalue weighted by molar-refractivity contribution is 0.0949. The third-order valence-electron chi connectivity index (χ3n) is 4.42. The summed E-state index contributed by atoms with van der Waals surface area (Å²) >= 11 is 0. The molecule has 0 fully saturated rings. The second-order valence-electron chi connectivity index (χ2n) is 7.39. The maximum atomic E-state index is 12.7. The van der Waals surface area contributed by atoms with Crippen LogP contribution in [0.5, 0.6) is 0 Å². The Balaban J connectivity index is 2.26. The molecule has 0 aliphatic carbocycles. The largest absolute Gasteiger partial charge is 0.352 e. The zero-order chi connectivity index (χ0) is 20.7. The van der Waals surface area contributed by atoms with Crippen molar-refractivity contribution in [1.29, 1.82) is 0 Å². The molecule has 0 aliphatic rings. The Bertz CT molecular complexity index is 872. The normalized spacial score (nSPS) is 11.9. The van der Waals surface area contributed by atoms with E-state index < -0.39 is 17.2 Å². The predicted octanol–water partition coefficient (Wildman–Crippen LogP) is 2.79. The molecule has 2 N–H and O–H groups in total. The van der Waals surface area contributed by atoms with E-state index in [0.29, 0.717) is 25.6 Å². The van der Waals surface area contributed by atoms with Gasteiger partial charge in [0.2, 0.25) is 5.43 Å². The highest BCUT2D eigenvalue weighted by atomic mass is 16.2. The molecule has 1 heterocycles. The van der Waals surface area contributed by atoms with Gasteiger partial charge < -0.3 is 15.2 Å². The number of benzene rings is 1. The summed E-state index contributed by atoms with van der Waals surface area (Å²) in [5.74, 6) is -0.512. The SMILES string of the molecule is CCNC(=O)c1cn(CC(C)C)cc(C(=O)NCC(C)c2ccccc2)c1=O. The monoisotopic (exact) mass is 383 g/mol. The molecule has 0 bridgehead atoms.